The topological polar surface area (TPSA) is 73.6 Å². The Morgan fingerprint density at radius 2 is 1.89 bits per heavy atom. The zero-order valence-electron chi connectivity index (χ0n) is 15.9. The lowest BCUT2D eigenvalue weighted by Crippen LogP contribution is -2.38. The van der Waals surface area contributed by atoms with Gasteiger partial charge in [0.05, 0.1) is 7.11 Å². The van der Waals surface area contributed by atoms with Gasteiger partial charge in [0, 0.05) is 13.0 Å². The van der Waals surface area contributed by atoms with Gasteiger partial charge in [-0.05, 0) is 42.5 Å². The van der Waals surface area contributed by atoms with E-state index in [1.54, 1.807) is 12.1 Å². The summed E-state index contributed by atoms with van der Waals surface area (Å²) in [6.07, 6.45) is 1.29. The van der Waals surface area contributed by atoms with E-state index < -0.39 is 12.8 Å². The molecule has 1 aromatic carbocycles. The molecule has 0 saturated heterocycles. The number of nitrogens with two attached hydrogens (primary N) is 1. The third-order valence-corrected chi connectivity index (χ3v) is 4.99. The number of benzene rings is 1. The molecule has 28 heavy (non-hydrogen) atoms. The van der Waals surface area contributed by atoms with Crippen molar-refractivity contribution in [3.05, 3.63) is 23.8 Å². The second-order valence-electron chi connectivity index (χ2n) is 7.11. The molecule has 0 heterocycles. The SMILES string of the molecule is COc1cc(CNC(=O)CC2(CN)CCCCC2)ccc1OCC(F)(F)F.Cl. The van der Waals surface area contributed by atoms with Crippen molar-refractivity contribution in [3.8, 4) is 11.5 Å². The molecule has 0 spiro atoms. The van der Waals surface area contributed by atoms with E-state index in [4.69, 9.17) is 15.2 Å². The largest absolute Gasteiger partial charge is 0.493 e. The standard InChI is InChI=1S/C19H27F3N2O3.ClH/c1-26-16-9-14(5-6-15(16)27-13-19(20,21)22)11-24-17(25)10-18(12-23)7-3-2-4-8-18;/h5-6,9H,2-4,7-8,10-13,23H2,1H3,(H,24,25);1H. The maximum atomic E-state index is 12.3. The van der Waals surface area contributed by atoms with Gasteiger partial charge in [-0.1, -0.05) is 25.3 Å². The fourth-order valence-electron chi connectivity index (χ4n) is 3.46. The zero-order valence-corrected chi connectivity index (χ0v) is 16.8. The maximum Gasteiger partial charge on any atom is 0.422 e. The van der Waals surface area contributed by atoms with Crippen molar-refractivity contribution in [1.82, 2.24) is 5.32 Å². The smallest absolute Gasteiger partial charge is 0.422 e. The number of alkyl halides is 3. The van der Waals surface area contributed by atoms with Crippen molar-refractivity contribution >= 4 is 18.3 Å². The molecule has 0 atom stereocenters. The number of carbonyl (C=O) groups is 1. The molecule has 1 amide bonds. The fourth-order valence-corrected chi connectivity index (χ4v) is 3.46. The highest BCUT2D eigenvalue weighted by atomic mass is 35.5. The van der Waals surface area contributed by atoms with Gasteiger partial charge in [-0.2, -0.15) is 13.2 Å². The molecule has 3 N–H and O–H groups in total. The Hall–Kier alpha value is -1.67. The molecule has 5 nitrogen and oxygen atoms in total. The average molecular weight is 425 g/mol. The predicted molar refractivity (Wildman–Crippen MR) is 103 cm³/mol. The van der Waals surface area contributed by atoms with Crippen LogP contribution in [0.15, 0.2) is 18.2 Å². The monoisotopic (exact) mass is 424 g/mol. The van der Waals surface area contributed by atoms with Gasteiger partial charge in [-0.15, -0.1) is 12.4 Å². The van der Waals surface area contributed by atoms with Crippen LogP contribution in [-0.4, -0.2) is 32.3 Å². The van der Waals surface area contributed by atoms with Gasteiger partial charge in [-0.3, -0.25) is 4.79 Å². The highest BCUT2D eigenvalue weighted by Gasteiger charge is 2.33. The lowest BCUT2D eigenvalue weighted by molar-refractivity contribution is -0.153. The summed E-state index contributed by atoms with van der Waals surface area (Å²) in [5.74, 6) is 0.129. The van der Waals surface area contributed by atoms with Crippen LogP contribution >= 0.6 is 12.4 Å². The normalized spacial score (nSPS) is 16.0. The molecule has 160 valence electrons. The number of methoxy groups -OCH3 is 1. The van der Waals surface area contributed by atoms with Crippen molar-refractivity contribution < 1.29 is 27.4 Å². The molecule has 0 radical (unpaired) electrons. The Morgan fingerprint density at radius 1 is 1.21 bits per heavy atom. The number of ether oxygens (including phenoxy) is 2. The highest BCUT2D eigenvalue weighted by molar-refractivity contribution is 5.85. The minimum atomic E-state index is -4.42. The molecule has 1 aliphatic carbocycles. The molecular weight excluding hydrogens is 397 g/mol. The van der Waals surface area contributed by atoms with E-state index in [0.29, 0.717) is 18.5 Å². The first-order valence-electron chi connectivity index (χ1n) is 9.10. The molecule has 1 aromatic rings. The molecule has 0 bridgehead atoms. The van der Waals surface area contributed by atoms with Crippen molar-refractivity contribution in [3.63, 3.8) is 0 Å². The lowest BCUT2D eigenvalue weighted by Gasteiger charge is -2.35. The van der Waals surface area contributed by atoms with Crippen molar-refractivity contribution in [2.45, 2.75) is 51.2 Å². The van der Waals surface area contributed by atoms with E-state index in [-0.39, 0.29) is 41.8 Å². The summed E-state index contributed by atoms with van der Waals surface area (Å²) in [6, 6.07) is 4.58. The van der Waals surface area contributed by atoms with Gasteiger partial charge in [0.2, 0.25) is 5.91 Å². The maximum absolute atomic E-state index is 12.3. The molecule has 2 rings (SSSR count). The molecule has 9 heteroatoms. The number of carbonyl (C=O) groups excluding carboxylic acids is 1. The van der Waals surface area contributed by atoms with Gasteiger partial charge in [0.15, 0.2) is 18.1 Å². The van der Waals surface area contributed by atoms with Crippen LogP contribution in [0.4, 0.5) is 13.2 Å². The van der Waals surface area contributed by atoms with Crippen LogP contribution in [0, 0.1) is 5.41 Å². The van der Waals surface area contributed by atoms with Gasteiger partial charge >= 0.3 is 6.18 Å². The van der Waals surface area contributed by atoms with Crippen LogP contribution in [0.2, 0.25) is 0 Å². The average Bonchev–Trinajstić information content (AvgIpc) is 2.65. The number of nitrogens with one attached hydrogen (secondary N) is 1. The van der Waals surface area contributed by atoms with Gasteiger partial charge in [0.25, 0.3) is 0 Å². The minimum Gasteiger partial charge on any atom is -0.493 e. The summed E-state index contributed by atoms with van der Waals surface area (Å²) >= 11 is 0. The summed E-state index contributed by atoms with van der Waals surface area (Å²) in [4.78, 5) is 12.3. The van der Waals surface area contributed by atoms with Crippen LogP contribution in [0.25, 0.3) is 0 Å². The highest BCUT2D eigenvalue weighted by Crippen LogP contribution is 2.38. The Kier molecular flexibility index (Phi) is 9.36. The van der Waals surface area contributed by atoms with Crippen LogP contribution < -0.4 is 20.5 Å². The first kappa shape index (κ1) is 24.4. The number of halogens is 4. The first-order chi connectivity index (χ1) is 12.8. The van der Waals surface area contributed by atoms with Gasteiger partial charge < -0.3 is 20.5 Å². The molecule has 1 aliphatic rings. The van der Waals surface area contributed by atoms with E-state index in [1.165, 1.54) is 19.6 Å². The summed E-state index contributed by atoms with van der Waals surface area (Å²) in [7, 11) is 1.35. The van der Waals surface area contributed by atoms with Crippen molar-refractivity contribution in [1.29, 1.82) is 0 Å². The summed E-state index contributed by atoms with van der Waals surface area (Å²) in [6.45, 7) is -0.629. The molecule has 0 unspecified atom stereocenters. The summed E-state index contributed by atoms with van der Waals surface area (Å²) in [5, 5.41) is 2.86. The number of rotatable bonds is 8. The minimum absolute atomic E-state index is 0. The Labute approximate surface area is 169 Å². The molecule has 0 aromatic heterocycles. The van der Waals surface area contributed by atoms with E-state index in [0.717, 1.165) is 25.7 Å². The van der Waals surface area contributed by atoms with Crippen LogP contribution in [-0.2, 0) is 11.3 Å². The molecule has 0 aliphatic heterocycles. The van der Waals surface area contributed by atoms with Crippen molar-refractivity contribution in [2.24, 2.45) is 11.1 Å². The third kappa shape index (κ3) is 7.39. The Bertz CT molecular complexity index is 635. The van der Waals surface area contributed by atoms with Crippen molar-refractivity contribution in [2.75, 3.05) is 20.3 Å². The van der Waals surface area contributed by atoms with E-state index in [9.17, 15) is 18.0 Å². The van der Waals surface area contributed by atoms with E-state index in [2.05, 4.69) is 5.32 Å². The molecular formula is C19H28ClF3N2O3. The Morgan fingerprint density at radius 3 is 2.46 bits per heavy atom. The molecule has 1 fully saturated rings. The lowest BCUT2D eigenvalue weighted by atomic mass is 9.71. The van der Waals surface area contributed by atoms with E-state index >= 15 is 0 Å². The number of hydrogen-bond acceptors (Lipinski definition) is 4. The first-order valence-corrected chi connectivity index (χ1v) is 9.10. The molecule has 1 saturated carbocycles. The zero-order chi connectivity index (χ0) is 19.9. The van der Waals surface area contributed by atoms with Crippen LogP contribution in [0.1, 0.15) is 44.1 Å². The fraction of sp³-hybridized carbons (Fsp3) is 0.632. The predicted octanol–water partition coefficient (Wildman–Crippen LogP) is 3.97. The van der Waals surface area contributed by atoms with Crippen LogP contribution in [0.5, 0.6) is 11.5 Å². The number of hydrogen-bond donors (Lipinski definition) is 2. The summed E-state index contributed by atoms with van der Waals surface area (Å²) < 4.78 is 46.7. The Balaban J connectivity index is 0.00000392. The van der Waals surface area contributed by atoms with E-state index in [1.807, 2.05) is 0 Å². The third-order valence-electron chi connectivity index (χ3n) is 4.99. The van der Waals surface area contributed by atoms with Crippen LogP contribution in [0.3, 0.4) is 0 Å². The second kappa shape index (κ2) is 10.8. The quantitative estimate of drug-likeness (QED) is 0.662. The second-order valence-corrected chi connectivity index (χ2v) is 7.11. The summed E-state index contributed by atoms with van der Waals surface area (Å²) in [5.41, 5.74) is 6.51. The number of amides is 1. The van der Waals surface area contributed by atoms with Gasteiger partial charge in [0.1, 0.15) is 0 Å². The van der Waals surface area contributed by atoms with Gasteiger partial charge in [-0.25, -0.2) is 0 Å².